The molecule has 0 bridgehead atoms. The number of allylic oxidation sites excluding steroid dienone is 2. The predicted molar refractivity (Wildman–Crippen MR) is 98.5 cm³/mol. The van der Waals surface area contributed by atoms with Crippen molar-refractivity contribution >= 4 is 30.9 Å². The van der Waals surface area contributed by atoms with E-state index in [0.717, 1.165) is 19.4 Å². The van der Waals surface area contributed by atoms with Crippen molar-refractivity contribution in [2.75, 3.05) is 6.61 Å². The second kappa shape index (κ2) is 7.41. The molecule has 1 nitrogen and oxygen atoms in total. The molecule has 0 aliphatic carbocycles. The lowest BCUT2D eigenvalue weighted by Crippen LogP contribution is -2.40. The number of hydrogen-bond acceptors (Lipinski definition) is 1. The fourth-order valence-corrected chi connectivity index (χ4v) is 3.69. The maximum atomic E-state index is 6.18. The summed E-state index contributed by atoms with van der Waals surface area (Å²) in [7, 11) is -1.61. The summed E-state index contributed by atoms with van der Waals surface area (Å²) in [4.78, 5) is 0. The maximum Gasteiger partial charge on any atom is 0.192 e. The van der Waals surface area contributed by atoms with E-state index in [1.165, 1.54) is 3.58 Å². The minimum Gasteiger partial charge on any atom is -0.413 e. The average molecular weight is 394 g/mol. The normalized spacial score (nSPS) is 14.6. The zero-order valence-corrected chi connectivity index (χ0v) is 16.9. The summed E-state index contributed by atoms with van der Waals surface area (Å²) in [6.07, 6.45) is 6.40. The SMILES string of the molecule is C=CCC(C)(C)C/C(I)=C\CO[Si](C)(C)C(C)(C)C. The maximum absolute atomic E-state index is 6.18. The second-order valence-corrected chi connectivity index (χ2v) is 13.8. The van der Waals surface area contributed by atoms with Crippen molar-refractivity contribution in [3.05, 3.63) is 22.3 Å². The van der Waals surface area contributed by atoms with Crippen molar-refractivity contribution in [3.8, 4) is 0 Å². The highest BCUT2D eigenvalue weighted by atomic mass is 127. The second-order valence-electron chi connectivity index (χ2n) is 7.56. The smallest absolute Gasteiger partial charge is 0.192 e. The molecule has 112 valence electrons. The molecule has 0 amide bonds. The Morgan fingerprint density at radius 3 is 2.16 bits per heavy atom. The summed E-state index contributed by atoms with van der Waals surface area (Å²) in [5, 5.41) is 0.286. The molecule has 19 heavy (non-hydrogen) atoms. The van der Waals surface area contributed by atoms with Gasteiger partial charge in [-0.2, -0.15) is 0 Å². The van der Waals surface area contributed by atoms with Gasteiger partial charge in [0.15, 0.2) is 8.32 Å². The van der Waals surface area contributed by atoms with Crippen molar-refractivity contribution in [2.24, 2.45) is 5.41 Å². The molecular formula is C16H31IOSi. The van der Waals surface area contributed by atoms with E-state index in [4.69, 9.17) is 4.43 Å². The van der Waals surface area contributed by atoms with E-state index in [1.54, 1.807) is 0 Å². The van der Waals surface area contributed by atoms with Gasteiger partial charge in [0.05, 0.1) is 6.61 Å². The van der Waals surface area contributed by atoms with Crippen LogP contribution < -0.4 is 0 Å². The molecule has 0 radical (unpaired) electrons. The van der Waals surface area contributed by atoms with E-state index >= 15 is 0 Å². The van der Waals surface area contributed by atoms with Crippen LogP contribution in [0.5, 0.6) is 0 Å². The standard InChI is InChI=1S/C16H31IOSi/c1-9-11-16(5,6)13-14(17)10-12-18-19(7,8)15(2,3)4/h9-10H,1,11-13H2,2-8H3/b14-10+. The van der Waals surface area contributed by atoms with E-state index in [-0.39, 0.29) is 5.04 Å². The highest BCUT2D eigenvalue weighted by Gasteiger charge is 2.36. The van der Waals surface area contributed by atoms with Crippen LogP contribution >= 0.6 is 22.6 Å². The van der Waals surface area contributed by atoms with Gasteiger partial charge in [-0.15, -0.1) is 6.58 Å². The Bertz CT molecular complexity index is 324. The van der Waals surface area contributed by atoms with E-state index in [2.05, 4.69) is 83.0 Å². The third kappa shape index (κ3) is 7.66. The molecule has 0 saturated heterocycles. The Kier molecular flexibility index (Phi) is 7.56. The van der Waals surface area contributed by atoms with Crippen LogP contribution in [0.4, 0.5) is 0 Å². The largest absolute Gasteiger partial charge is 0.413 e. The Balaban J connectivity index is 4.39. The fraction of sp³-hybridized carbons (Fsp3) is 0.750. The third-order valence-corrected chi connectivity index (χ3v) is 9.22. The molecule has 0 aromatic heterocycles. The average Bonchev–Trinajstić information content (AvgIpc) is 2.13. The summed E-state index contributed by atoms with van der Waals surface area (Å²) in [6.45, 7) is 20.6. The lowest BCUT2D eigenvalue weighted by Gasteiger charge is -2.35. The number of rotatable bonds is 7. The number of hydrogen-bond donors (Lipinski definition) is 0. The number of halogens is 1. The van der Waals surface area contributed by atoms with Gasteiger partial charge in [-0.05, 0) is 62.6 Å². The van der Waals surface area contributed by atoms with Gasteiger partial charge in [0.2, 0.25) is 0 Å². The first-order valence-corrected chi connectivity index (χ1v) is 11.0. The van der Waals surface area contributed by atoms with Crippen molar-refractivity contribution in [3.63, 3.8) is 0 Å². The zero-order valence-electron chi connectivity index (χ0n) is 13.8. The van der Waals surface area contributed by atoms with Crippen LogP contribution in [0, 0.1) is 5.41 Å². The minimum atomic E-state index is -1.61. The first-order chi connectivity index (χ1) is 8.41. The van der Waals surface area contributed by atoms with Crippen molar-refractivity contribution < 1.29 is 4.43 Å². The molecular weight excluding hydrogens is 363 g/mol. The van der Waals surface area contributed by atoms with Crippen LogP contribution in [0.2, 0.25) is 18.1 Å². The monoisotopic (exact) mass is 394 g/mol. The fourth-order valence-electron chi connectivity index (χ4n) is 1.55. The Hall–Kier alpha value is 0.387. The quantitative estimate of drug-likeness (QED) is 0.279. The molecule has 0 N–H and O–H groups in total. The molecule has 0 aliphatic heterocycles. The van der Waals surface area contributed by atoms with E-state index in [9.17, 15) is 0 Å². The van der Waals surface area contributed by atoms with E-state index in [0.29, 0.717) is 5.41 Å². The van der Waals surface area contributed by atoms with Crippen molar-refractivity contribution in [1.29, 1.82) is 0 Å². The van der Waals surface area contributed by atoms with Crippen molar-refractivity contribution in [1.82, 2.24) is 0 Å². The Morgan fingerprint density at radius 2 is 1.74 bits per heavy atom. The highest BCUT2D eigenvalue weighted by molar-refractivity contribution is 14.1. The Morgan fingerprint density at radius 1 is 1.21 bits per heavy atom. The molecule has 0 rings (SSSR count). The molecule has 0 unspecified atom stereocenters. The van der Waals surface area contributed by atoms with Crippen LogP contribution in [0.15, 0.2) is 22.3 Å². The van der Waals surface area contributed by atoms with Gasteiger partial charge in [0.25, 0.3) is 0 Å². The molecule has 0 heterocycles. The molecule has 0 saturated carbocycles. The lowest BCUT2D eigenvalue weighted by atomic mass is 9.86. The topological polar surface area (TPSA) is 9.23 Å². The summed E-state index contributed by atoms with van der Waals surface area (Å²) < 4.78 is 7.57. The molecule has 0 aliphatic rings. The van der Waals surface area contributed by atoms with Crippen LogP contribution in [-0.2, 0) is 4.43 Å². The molecule has 0 aromatic carbocycles. The van der Waals surface area contributed by atoms with Gasteiger partial charge in [0, 0.05) is 0 Å². The molecule has 0 atom stereocenters. The van der Waals surface area contributed by atoms with E-state index in [1.807, 2.05) is 6.08 Å². The zero-order chi connectivity index (χ0) is 15.3. The van der Waals surface area contributed by atoms with Gasteiger partial charge >= 0.3 is 0 Å². The van der Waals surface area contributed by atoms with Gasteiger partial charge in [0.1, 0.15) is 0 Å². The molecule has 3 heteroatoms. The Labute approximate surface area is 135 Å². The van der Waals surface area contributed by atoms with Crippen LogP contribution in [0.25, 0.3) is 0 Å². The molecule has 0 aromatic rings. The summed E-state index contributed by atoms with van der Waals surface area (Å²) in [5.74, 6) is 0. The summed E-state index contributed by atoms with van der Waals surface area (Å²) in [5.41, 5.74) is 0.297. The first-order valence-electron chi connectivity index (χ1n) is 7.01. The van der Waals surface area contributed by atoms with Crippen LogP contribution in [0.1, 0.15) is 47.5 Å². The van der Waals surface area contributed by atoms with Crippen molar-refractivity contribution in [2.45, 2.75) is 65.6 Å². The van der Waals surface area contributed by atoms with E-state index < -0.39 is 8.32 Å². The lowest BCUT2D eigenvalue weighted by molar-refractivity contribution is 0.325. The van der Waals surface area contributed by atoms with Gasteiger partial charge in [-0.3, -0.25) is 0 Å². The minimum absolute atomic E-state index is 0.286. The predicted octanol–water partition coefficient (Wildman–Crippen LogP) is 6.32. The van der Waals surface area contributed by atoms with Crippen LogP contribution in [0.3, 0.4) is 0 Å². The summed E-state index contributed by atoms with van der Waals surface area (Å²) >= 11 is 2.44. The molecule has 0 spiro atoms. The molecule has 0 fully saturated rings. The van der Waals surface area contributed by atoms with Crippen LogP contribution in [-0.4, -0.2) is 14.9 Å². The highest BCUT2D eigenvalue weighted by Crippen LogP contribution is 2.37. The first kappa shape index (κ1) is 19.4. The van der Waals surface area contributed by atoms with Gasteiger partial charge in [-0.1, -0.05) is 46.8 Å². The van der Waals surface area contributed by atoms with Gasteiger partial charge in [-0.25, -0.2) is 0 Å². The van der Waals surface area contributed by atoms with Gasteiger partial charge < -0.3 is 4.43 Å². The third-order valence-electron chi connectivity index (χ3n) is 3.90. The summed E-state index contributed by atoms with van der Waals surface area (Å²) in [6, 6.07) is 0.